The molecule has 10 heteroatoms. The molecule has 0 heterocycles. The van der Waals surface area contributed by atoms with Gasteiger partial charge in [0.05, 0.1) is 10.0 Å². The van der Waals surface area contributed by atoms with Crippen LogP contribution < -0.4 is 0 Å². The normalized spacial score (nSPS) is 13.1. The van der Waals surface area contributed by atoms with Gasteiger partial charge in [-0.1, -0.05) is 29.3 Å². The molecule has 0 fully saturated rings. The van der Waals surface area contributed by atoms with Crippen molar-refractivity contribution < 1.29 is 28.7 Å². The predicted molar refractivity (Wildman–Crippen MR) is 68.0 cm³/mol. The third-order valence-corrected chi connectivity index (χ3v) is 6.64. The van der Waals surface area contributed by atoms with Crippen molar-refractivity contribution in [3.05, 3.63) is 33.8 Å². The van der Waals surface area contributed by atoms with Crippen LogP contribution in [0.5, 0.6) is 0 Å². The Morgan fingerprint density at radius 1 is 1.00 bits per heavy atom. The topological polar surface area (TPSA) is 115 Å². The first-order chi connectivity index (χ1) is 8.01. The first-order valence-electron chi connectivity index (χ1n) is 4.56. The molecule has 0 saturated carbocycles. The summed E-state index contributed by atoms with van der Waals surface area (Å²) in [5, 5.41) is -1.70. The van der Waals surface area contributed by atoms with Gasteiger partial charge in [0, 0.05) is 0 Å². The maximum absolute atomic E-state index is 11.1. The fourth-order valence-electron chi connectivity index (χ4n) is 1.31. The van der Waals surface area contributed by atoms with Crippen LogP contribution in [0.2, 0.25) is 10.0 Å². The Balaban J connectivity index is 3.09. The fourth-order valence-corrected chi connectivity index (χ4v) is 4.10. The molecule has 6 nitrogen and oxygen atoms in total. The van der Waals surface area contributed by atoms with Gasteiger partial charge >= 0.3 is 15.2 Å². The van der Waals surface area contributed by atoms with E-state index in [1.54, 1.807) is 0 Å². The third kappa shape index (κ3) is 4.34. The molecule has 0 spiro atoms. The van der Waals surface area contributed by atoms with E-state index < -0.39 is 27.0 Å². The van der Waals surface area contributed by atoms with Gasteiger partial charge in [-0.2, -0.15) is 0 Å². The predicted octanol–water partition coefficient (Wildman–Crippen LogP) is 2.22. The van der Waals surface area contributed by atoms with E-state index in [1.807, 2.05) is 0 Å². The summed E-state index contributed by atoms with van der Waals surface area (Å²) in [4.78, 5) is 35.8. The lowest BCUT2D eigenvalue weighted by atomic mass is 10.2. The van der Waals surface area contributed by atoms with Gasteiger partial charge < -0.3 is 19.6 Å². The molecule has 1 aromatic rings. The van der Waals surface area contributed by atoms with Gasteiger partial charge in [0.25, 0.3) is 0 Å². The molecule has 0 aliphatic rings. The summed E-state index contributed by atoms with van der Waals surface area (Å²) in [5.74, 6) is 0. The van der Waals surface area contributed by atoms with E-state index in [1.165, 1.54) is 18.2 Å². The van der Waals surface area contributed by atoms with Gasteiger partial charge in [-0.15, -0.1) is 0 Å². The maximum Gasteiger partial charge on any atom is 0.341 e. The lowest BCUT2D eigenvalue weighted by Crippen LogP contribution is -2.12. The van der Waals surface area contributed by atoms with E-state index >= 15 is 0 Å². The molecule has 0 unspecified atom stereocenters. The van der Waals surface area contributed by atoms with Crippen molar-refractivity contribution in [1.29, 1.82) is 0 Å². The van der Waals surface area contributed by atoms with E-state index in [0.717, 1.165) is 0 Å². The van der Waals surface area contributed by atoms with Crippen LogP contribution >= 0.6 is 38.4 Å². The molecule has 18 heavy (non-hydrogen) atoms. The average Bonchev–Trinajstić information content (AvgIpc) is 2.16. The molecule has 0 saturated heterocycles. The molecule has 4 N–H and O–H groups in total. The molecule has 0 bridgehead atoms. The molecule has 0 aliphatic heterocycles. The molecule has 1 aromatic carbocycles. The van der Waals surface area contributed by atoms with E-state index in [-0.39, 0.29) is 15.6 Å². The number of hydrogen-bond acceptors (Lipinski definition) is 2. The third-order valence-electron chi connectivity index (χ3n) is 2.18. The van der Waals surface area contributed by atoms with Crippen LogP contribution in [-0.4, -0.2) is 25.0 Å². The zero-order valence-electron chi connectivity index (χ0n) is 8.77. The van der Waals surface area contributed by atoms with Gasteiger partial charge in [0.2, 0.25) is 0 Å². The zero-order valence-corrected chi connectivity index (χ0v) is 12.1. The monoisotopic (exact) mass is 334 g/mol. The van der Waals surface area contributed by atoms with Crippen molar-refractivity contribution in [1.82, 2.24) is 0 Å². The van der Waals surface area contributed by atoms with Gasteiger partial charge in [-0.25, -0.2) is 0 Å². The van der Waals surface area contributed by atoms with Crippen molar-refractivity contribution in [2.75, 3.05) is 0 Å². The number of benzene rings is 1. The fraction of sp³-hybridized carbons (Fsp3) is 0.250. The summed E-state index contributed by atoms with van der Waals surface area (Å²) in [5.41, 5.74) is 0.279. The Kier molecular flexibility index (Phi) is 5.04. The maximum atomic E-state index is 11.1. The summed E-state index contributed by atoms with van der Waals surface area (Å²) < 4.78 is 22.2. The zero-order chi connectivity index (χ0) is 14.1. The highest BCUT2D eigenvalue weighted by Gasteiger charge is 2.43. The van der Waals surface area contributed by atoms with Gasteiger partial charge in [0.15, 0.2) is 5.40 Å². The molecule has 0 atom stereocenters. The van der Waals surface area contributed by atoms with Gasteiger partial charge in [-0.3, -0.25) is 9.13 Å². The minimum absolute atomic E-state index is 0.143. The molecule has 0 aliphatic carbocycles. The Hall–Kier alpha value is 0.1000. The summed E-state index contributed by atoms with van der Waals surface area (Å²) in [6.45, 7) is 0. The molecule has 1 rings (SSSR count). The van der Waals surface area contributed by atoms with Gasteiger partial charge in [0.1, 0.15) is 0 Å². The highest BCUT2D eigenvalue weighted by Crippen LogP contribution is 2.60. The second-order valence-electron chi connectivity index (χ2n) is 3.61. The second kappa shape index (κ2) is 5.61. The van der Waals surface area contributed by atoms with Gasteiger partial charge in [-0.05, 0) is 24.1 Å². The molecule has 0 aromatic heterocycles. The summed E-state index contributed by atoms with van der Waals surface area (Å²) >= 11 is 11.4. The highest BCUT2D eigenvalue weighted by atomic mass is 35.5. The Bertz CT molecular complexity index is 514. The van der Waals surface area contributed by atoms with Crippen LogP contribution in [0.3, 0.4) is 0 Å². The van der Waals surface area contributed by atoms with Crippen molar-refractivity contribution in [2.24, 2.45) is 0 Å². The van der Waals surface area contributed by atoms with Crippen LogP contribution in [0.15, 0.2) is 18.2 Å². The van der Waals surface area contributed by atoms with Crippen molar-refractivity contribution in [2.45, 2.75) is 11.8 Å². The van der Waals surface area contributed by atoms with E-state index in [4.69, 9.17) is 42.8 Å². The van der Waals surface area contributed by atoms with Crippen molar-refractivity contribution in [3.63, 3.8) is 0 Å². The van der Waals surface area contributed by atoms with E-state index in [2.05, 4.69) is 0 Å². The van der Waals surface area contributed by atoms with E-state index in [0.29, 0.717) is 0 Å². The lowest BCUT2D eigenvalue weighted by molar-refractivity contribution is 0.338. The minimum Gasteiger partial charge on any atom is -0.324 e. The summed E-state index contributed by atoms with van der Waals surface area (Å²) in [6, 6.07) is 4.09. The second-order valence-corrected chi connectivity index (χ2v) is 8.44. The first-order valence-corrected chi connectivity index (χ1v) is 8.68. The molecule has 0 amide bonds. The van der Waals surface area contributed by atoms with Crippen LogP contribution in [0, 0.1) is 0 Å². The molecule has 0 radical (unpaired) electrons. The number of hydrogen-bond donors (Lipinski definition) is 4. The van der Waals surface area contributed by atoms with Crippen LogP contribution in [0.1, 0.15) is 5.56 Å². The molecular weight excluding hydrogens is 325 g/mol. The molecular formula is C8H10Cl2O6P2. The van der Waals surface area contributed by atoms with Crippen LogP contribution in [0.25, 0.3) is 0 Å². The SMILES string of the molecule is O=P(O)(O)C(Cc1ccc(Cl)c(Cl)c1)P(=O)(O)O. The van der Waals surface area contributed by atoms with Crippen LogP contribution in [-0.2, 0) is 15.6 Å². The standard InChI is InChI=1S/C8H10Cl2O6P2/c9-6-2-1-5(3-7(6)10)4-8(17(11,12)13)18(14,15)16/h1-3,8H,4H2,(H2,11,12,13)(H2,14,15,16). The average molecular weight is 335 g/mol. The summed E-state index contributed by atoms with van der Waals surface area (Å²) in [6.07, 6.45) is -0.495. The first kappa shape index (κ1) is 16.2. The smallest absolute Gasteiger partial charge is 0.324 e. The summed E-state index contributed by atoms with van der Waals surface area (Å²) in [7, 11) is -9.86. The Labute approximate surface area is 113 Å². The Morgan fingerprint density at radius 2 is 1.50 bits per heavy atom. The highest BCUT2D eigenvalue weighted by molar-refractivity contribution is 7.70. The molecule has 102 valence electrons. The number of halogens is 2. The largest absolute Gasteiger partial charge is 0.341 e. The van der Waals surface area contributed by atoms with E-state index in [9.17, 15) is 9.13 Å². The van der Waals surface area contributed by atoms with Crippen LogP contribution in [0.4, 0.5) is 0 Å². The quantitative estimate of drug-likeness (QED) is 0.627. The Morgan fingerprint density at radius 3 is 1.89 bits per heavy atom. The van der Waals surface area contributed by atoms with Crippen molar-refractivity contribution in [3.8, 4) is 0 Å². The number of rotatable bonds is 4. The lowest BCUT2D eigenvalue weighted by Gasteiger charge is -2.19. The van der Waals surface area contributed by atoms with Crippen molar-refractivity contribution >= 4 is 38.4 Å². The minimum atomic E-state index is -4.93.